The lowest BCUT2D eigenvalue weighted by Gasteiger charge is -2.38. The molecule has 2 rings (SSSR count). The van der Waals surface area contributed by atoms with Gasteiger partial charge in [0, 0.05) is 13.1 Å². The van der Waals surface area contributed by atoms with E-state index in [0.717, 1.165) is 25.9 Å². The van der Waals surface area contributed by atoms with Gasteiger partial charge in [-0.15, -0.1) is 0 Å². The summed E-state index contributed by atoms with van der Waals surface area (Å²) in [6, 6.07) is 0. The minimum absolute atomic E-state index is 0.0442. The summed E-state index contributed by atoms with van der Waals surface area (Å²) in [6.07, 6.45) is 1.46. The first-order chi connectivity index (χ1) is 6.26. The Kier molecular flexibility index (Phi) is 2.26. The highest BCUT2D eigenvalue weighted by atomic mass is 16.6. The van der Waals surface area contributed by atoms with Gasteiger partial charge in [0.25, 0.3) is 0 Å². The van der Waals surface area contributed by atoms with Crippen LogP contribution in [0, 0.1) is 0 Å². The van der Waals surface area contributed by atoms with E-state index in [4.69, 9.17) is 9.47 Å². The number of hydrogen-bond acceptors (Lipinski definition) is 4. The summed E-state index contributed by atoms with van der Waals surface area (Å²) in [6.45, 7) is 4.00. The SMILES string of the molecule is CCOC(=O)C1CCC2(CNC2)O1. The highest BCUT2D eigenvalue weighted by Gasteiger charge is 2.47. The van der Waals surface area contributed by atoms with Gasteiger partial charge in [0.15, 0.2) is 6.10 Å². The van der Waals surface area contributed by atoms with Crippen LogP contribution >= 0.6 is 0 Å². The summed E-state index contributed by atoms with van der Waals surface area (Å²) in [7, 11) is 0. The van der Waals surface area contributed by atoms with Crippen LogP contribution in [0.25, 0.3) is 0 Å². The molecule has 1 spiro atoms. The molecule has 0 aliphatic carbocycles. The molecular weight excluding hydrogens is 170 g/mol. The molecule has 13 heavy (non-hydrogen) atoms. The van der Waals surface area contributed by atoms with E-state index >= 15 is 0 Å². The molecule has 0 aromatic rings. The molecule has 2 heterocycles. The van der Waals surface area contributed by atoms with Crippen molar-refractivity contribution in [2.45, 2.75) is 31.5 Å². The first kappa shape index (κ1) is 8.97. The van der Waals surface area contributed by atoms with Crippen molar-refractivity contribution in [1.82, 2.24) is 5.32 Å². The van der Waals surface area contributed by atoms with Gasteiger partial charge in [-0.2, -0.15) is 0 Å². The molecule has 1 unspecified atom stereocenters. The van der Waals surface area contributed by atoms with Crippen LogP contribution in [0.1, 0.15) is 19.8 Å². The van der Waals surface area contributed by atoms with Gasteiger partial charge in [0.05, 0.1) is 12.2 Å². The van der Waals surface area contributed by atoms with E-state index in [1.807, 2.05) is 6.92 Å². The number of nitrogens with one attached hydrogen (secondary N) is 1. The topological polar surface area (TPSA) is 47.6 Å². The Hall–Kier alpha value is -0.610. The lowest BCUT2D eigenvalue weighted by atomic mass is 9.93. The Morgan fingerprint density at radius 2 is 2.46 bits per heavy atom. The van der Waals surface area contributed by atoms with Crippen molar-refractivity contribution in [3.8, 4) is 0 Å². The maximum atomic E-state index is 11.3. The Balaban J connectivity index is 1.87. The van der Waals surface area contributed by atoms with Crippen molar-refractivity contribution >= 4 is 5.97 Å². The average Bonchev–Trinajstić information content (AvgIpc) is 2.47. The van der Waals surface area contributed by atoms with Crippen LogP contribution in [0.3, 0.4) is 0 Å². The first-order valence-electron chi connectivity index (χ1n) is 4.81. The number of ether oxygens (including phenoxy) is 2. The largest absolute Gasteiger partial charge is 0.464 e. The molecule has 74 valence electrons. The minimum atomic E-state index is -0.318. The third-order valence-electron chi connectivity index (χ3n) is 2.70. The van der Waals surface area contributed by atoms with Crippen molar-refractivity contribution in [3.05, 3.63) is 0 Å². The van der Waals surface area contributed by atoms with Crippen LogP contribution in [0.5, 0.6) is 0 Å². The van der Waals surface area contributed by atoms with E-state index in [2.05, 4.69) is 5.32 Å². The van der Waals surface area contributed by atoms with Gasteiger partial charge in [-0.1, -0.05) is 0 Å². The second-order valence-electron chi connectivity index (χ2n) is 3.68. The zero-order valence-corrected chi connectivity index (χ0v) is 7.84. The standard InChI is InChI=1S/C9H15NO3/c1-2-12-8(11)7-3-4-9(13-7)5-10-6-9/h7,10H,2-6H2,1H3. The van der Waals surface area contributed by atoms with Gasteiger partial charge in [-0.3, -0.25) is 0 Å². The molecule has 0 bridgehead atoms. The van der Waals surface area contributed by atoms with Crippen molar-refractivity contribution in [3.63, 3.8) is 0 Å². The van der Waals surface area contributed by atoms with Gasteiger partial charge >= 0.3 is 5.97 Å². The number of carbonyl (C=O) groups is 1. The van der Waals surface area contributed by atoms with Gasteiger partial charge in [0.1, 0.15) is 0 Å². The van der Waals surface area contributed by atoms with Crippen LogP contribution in [0.15, 0.2) is 0 Å². The van der Waals surface area contributed by atoms with E-state index in [-0.39, 0.29) is 17.7 Å². The maximum Gasteiger partial charge on any atom is 0.335 e. The Morgan fingerprint density at radius 1 is 1.69 bits per heavy atom. The lowest BCUT2D eigenvalue weighted by Crippen LogP contribution is -2.59. The average molecular weight is 185 g/mol. The minimum Gasteiger partial charge on any atom is -0.464 e. The normalized spacial score (nSPS) is 30.1. The summed E-state index contributed by atoms with van der Waals surface area (Å²) in [5.41, 5.74) is -0.0442. The quantitative estimate of drug-likeness (QED) is 0.618. The summed E-state index contributed by atoms with van der Waals surface area (Å²) < 4.78 is 10.6. The van der Waals surface area contributed by atoms with Crippen molar-refractivity contribution in [2.75, 3.05) is 19.7 Å². The number of carbonyl (C=O) groups excluding carboxylic acids is 1. The number of hydrogen-bond donors (Lipinski definition) is 1. The molecule has 2 fully saturated rings. The van der Waals surface area contributed by atoms with Crippen molar-refractivity contribution < 1.29 is 14.3 Å². The molecule has 4 nitrogen and oxygen atoms in total. The Morgan fingerprint density at radius 3 is 2.92 bits per heavy atom. The molecule has 4 heteroatoms. The van der Waals surface area contributed by atoms with Crippen LogP contribution in [-0.4, -0.2) is 37.4 Å². The van der Waals surface area contributed by atoms with E-state index in [9.17, 15) is 4.79 Å². The second-order valence-corrected chi connectivity index (χ2v) is 3.68. The molecule has 0 radical (unpaired) electrons. The third kappa shape index (κ3) is 1.56. The fraction of sp³-hybridized carbons (Fsp3) is 0.889. The maximum absolute atomic E-state index is 11.3. The fourth-order valence-electron chi connectivity index (χ4n) is 1.88. The molecule has 2 saturated heterocycles. The zero-order chi connectivity index (χ0) is 9.31. The van der Waals surface area contributed by atoms with Crippen molar-refractivity contribution in [2.24, 2.45) is 0 Å². The summed E-state index contributed by atoms with van der Waals surface area (Å²) in [5, 5.41) is 3.16. The molecule has 2 aliphatic heterocycles. The smallest absolute Gasteiger partial charge is 0.335 e. The monoisotopic (exact) mass is 185 g/mol. The number of esters is 1. The van der Waals surface area contributed by atoms with E-state index in [1.54, 1.807) is 0 Å². The van der Waals surface area contributed by atoms with Gasteiger partial charge < -0.3 is 14.8 Å². The molecular formula is C9H15NO3. The second kappa shape index (κ2) is 3.27. The first-order valence-corrected chi connectivity index (χ1v) is 4.81. The van der Waals surface area contributed by atoms with Crippen LogP contribution in [0.4, 0.5) is 0 Å². The predicted octanol–water partition coefficient (Wildman–Crippen LogP) is 0.0705. The van der Waals surface area contributed by atoms with E-state index < -0.39 is 0 Å². The summed E-state index contributed by atoms with van der Waals surface area (Å²) in [5.74, 6) is -0.203. The summed E-state index contributed by atoms with van der Waals surface area (Å²) >= 11 is 0. The van der Waals surface area contributed by atoms with Gasteiger partial charge in [-0.05, 0) is 19.8 Å². The Labute approximate surface area is 77.6 Å². The zero-order valence-electron chi connectivity index (χ0n) is 7.84. The Bertz CT molecular complexity index is 213. The number of rotatable bonds is 2. The molecule has 0 amide bonds. The van der Waals surface area contributed by atoms with Crippen LogP contribution in [-0.2, 0) is 14.3 Å². The lowest BCUT2D eigenvalue weighted by molar-refractivity contribution is -0.163. The van der Waals surface area contributed by atoms with Gasteiger partial charge in [-0.25, -0.2) is 4.79 Å². The molecule has 0 aromatic heterocycles. The highest BCUT2D eigenvalue weighted by Crippen LogP contribution is 2.33. The third-order valence-corrected chi connectivity index (χ3v) is 2.70. The molecule has 0 saturated carbocycles. The van der Waals surface area contributed by atoms with Crippen LogP contribution in [0.2, 0.25) is 0 Å². The van der Waals surface area contributed by atoms with Gasteiger partial charge in [0.2, 0.25) is 0 Å². The molecule has 1 N–H and O–H groups in total. The summed E-state index contributed by atoms with van der Waals surface area (Å²) in [4.78, 5) is 11.3. The molecule has 1 atom stereocenters. The molecule has 0 aromatic carbocycles. The van der Waals surface area contributed by atoms with E-state index in [0.29, 0.717) is 6.61 Å². The van der Waals surface area contributed by atoms with Crippen LogP contribution < -0.4 is 5.32 Å². The predicted molar refractivity (Wildman–Crippen MR) is 46.3 cm³/mol. The molecule has 2 aliphatic rings. The highest BCUT2D eigenvalue weighted by molar-refractivity contribution is 5.75. The van der Waals surface area contributed by atoms with E-state index in [1.165, 1.54) is 0 Å². The fourth-order valence-corrected chi connectivity index (χ4v) is 1.88. The van der Waals surface area contributed by atoms with Crippen molar-refractivity contribution in [1.29, 1.82) is 0 Å².